The highest BCUT2D eigenvalue weighted by Gasteiger charge is 2.24. The highest BCUT2D eigenvalue weighted by Crippen LogP contribution is 2.21. The van der Waals surface area contributed by atoms with Crippen LogP contribution in [0.15, 0.2) is 18.5 Å². The van der Waals surface area contributed by atoms with E-state index in [0.29, 0.717) is 12.0 Å². The molecule has 0 bridgehead atoms. The third kappa shape index (κ3) is 4.72. The van der Waals surface area contributed by atoms with Crippen LogP contribution in [0, 0.1) is 5.92 Å². The van der Waals surface area contributed by atoms with E-state index in [0.717, 1.165) is 51.9 Å². The van der Waals surface area contributed by atoms with Crippen molar-refractivity contribution in [2.45, 2.75) is 51.1 Å². The van der Waals surface area contributed by atoms with Gasteiger partial charge in [0.15, 0.2) is 0 Å². The van der Waals surface area contributed by atoms with Crippen LogP contribution in [-0.4, -0.2) is 64.9 Å². The Morgan fingerprint density at radius 2 is 2.04 bits per heavy atom. The summed E-state index contributed by atoms with van der Waals surface area (Å²) in [4.78, 5) is 16.7. The summed E-state index contributed by atoms with van der Waals surface area (Å²) in [6.45, 7) is 4.76. The molecule has 1 N–H and O–H groups in total. The molecule has 2 amide bonds. The standard InChI is InChI=1S/C18H31N5O/c1-21-11-2-4-17(21)5-10-19-18(24)22-13-6-16(7-14-22)8-15-23-12-3-9-20-23/h3,9,12,16-17H,2,4-8,10-11,13-15H2,1H3,(H,19,24)/t17-/m0/s1. The Bertz CT molecular complexity index is 496. The van der Waals surface area contributed by atoms with Crippen molar-refractivity contribution in [1.82, 2.24) is 24.9 Å². The van der Waals surface area contributed by atoms with Gasteiger partial charge in [0.1, 0.15) is 0 Å². The van der Waals surface area contributed by atoms with Gasteiger partial charge in [-0.3, -0.25) is 4.68 Å². The molecule has 0 spiro atoms. The van der Waals surface area contributed by atoms with Crippen molar-refractivity contribution >= 4 is 6.03 Å². The Morgan fingerprint density at radius 3 is 2.71 bits per heavy atom. The van der Waals surface area contributed by atoms with E-state index >= 15 is 0 Å². The molecule has 2 aliphatic rings. The van der Waals surface area contributed by atoms with E-state index in [1.165, 1.54) is 19.4 Å². The van der Waals surface area contributed by atoms with Gasteiger partial charge in [-0.05, 0) is 64.1 Å². The maximum absolute atomic E-state index is 12.3. The van der Waals surface area contributed by atoms with Crippen LogP contribution >= 0.6 is 0 Å². The number of carbonyl (C=O) groups is 1. The van der Waals surface area contributed by atoms with Crippen molar-refractivity contribution < 1.29 is 4.79 Å². The number of piperidine rings is 1. The van der Waals surface area contributed by atoms with Crippen LogP contribution in [0.4, 0.5) is 4.79 Å². The van der Waals surface area contributed by atoms with Gasteiger partial charge in [0.2, 0.25) is 0 Å². The summed E-state index contributed by atoms with van der Waals surface area (Å²) in [6, 6.07) is 2.75. The fraction of sp³-hybridized carbons (Fsp3) is 0.778. The van der Waals surface area contributed by atoms with Crippen molar-refractivity contribution in [1.29, 1.82) is 0 Å². The second-order valence-corrected chi connectivity index (χ2v) is 7.29. The number of nitrogens with one attached hydrogen (secondary N) is 1. The highest BCUT2D eigenvalue weighted by molar-refractivity contribution is 5.74. The van der Waals surface area contributed by atoms with E-state index in [-0.39, 0.29) is 6.03 Å². The monoisotopic (exact) mass is 333 g/mol. The van der Waals surface area contributed by atoms with Gasteiger partial charge >= 0.3 is 6.03 Å². The average Bonchev–Trinajstić information content (AvgIpc) is 3.25. The number of nitrogens with zero attached hydrogens (tertiary/aromatic N) is 4. The predicted molar refractivity (Wildman–Crippen MR) is 94.8 cm³/mol. The van der Waals surface area contributed by atoms with Gasteiger partial charge < -0.3 is 15.1 Å². The van der Waals surface area contributed by atoms with Gasteiger partial charge in [-0.2, -0.15) is 5.10 Å². The normalized spacial score (nSPS) is 22.9. The summed E-state index contributed by atoms with van der Waals surface area (Å²) < 4.78 is 2.00. The Hall–Kier alpha value is -1.56. The van der Waals surface area contributed by atoms with E-state index < -0.39 is 0 Å². The molecule has 24 heavy (non-hydrogen) atoms. The fourth-order valence-electron chi connectivity index (χ4n) is 3.97. The summed E-state index contributed by atoms with van der Waals surface area (Å²) in [5.41, 5.74) is 0. The largest absolute Gasteiger partial charge is 0.338 e. The predicted octanol–water partition coefficient (Wildman–Crippen LogP) is 2.18. The molecule has 3 rings (SSSR count). The number of aryl methyl sites for hydroxylation is 1. The summed E-state index contributed by atoms with van der Waals surface area (Å²) in [5, 5.41) is 7.37. The molecule has 3 heterocycles. The zero-order valence-corrected chi connectivity index (χ0v) is 14.9. The zero-order chi connectivity index (χ0) is 16.8. The molecule has 134 valence electrons. The molecule has 1 aromatic rings. The van der Waals surface area contributed by atoms with Gasteiger partial charge in [-0.1, -0.05) is 0 Å². The lowest BCUT2D eigenvalue weighted by Crippen LogP contribution is -2.45. The van der Waals surface area contributed by atoms with Crippen molar-refractivity contribution in [2.75, 3.05) is 33.2 Å². The number of aromatic nitrogens is 2. The smallest absolute Gasteiger partial charge is 0.317 e. The van der Waals surface area contributed by atoms with E-state index in [9.17, 15) is 4.79 Å². The molecule has 0 unspecified atom stereocenters. The number of likely N-dealkylation sites (tertiary alicyclic amines) is 2. The van der Waals surface area contributed by atoms with E-state index in [2.05, 4.69) is 22.4 Å². The number of hydrogen-bond acceptors (Lipinski definition) is 3. The molecule has 2 saturated heterocycles. The molecule has 2 aliphatic heterocycles. The Morgan fingerprint density at radius 1 is 1.21 bits per heavy atom. The van der Waals surface area contributed by atoms with Crippen molar-refractivity contribution in [3.8, 4) is 0 Å². The highest BCUT2D eigenvalue weighted by atomic mass is 16.2. The molecule has 6 nitrogen and oxygen atoms in total. The Kier molecular flexibility index (Phi) is 6.12. The van der Waals surface area contributed by atoms with Crippen LogP contribution in [0.2, 0.25) is 0 Å². The third-order valence-corrected chi connectivity index (χ3v) is 5.65. The average molecular weight is 333 g/mol. The Balaban J connectivity index is 1.30. The van der Waals surface area contributed by atoms with E-state index in [1.807, 2.05) is 28.0 Å². The topological polar surface area (TPSA) is 53.4 Å². The van der Waals surface area contributed by atoms with Crippen molar-refractivity contribution in [2.24, 2.45) is 5.92 Å². The minimum Gasteiger partial charge on any atom is -0.338 e. The van der Waals surface area contributed by atoms with Gasteiger partial charge in [0.05, 0.1) is 0 Å². The molecule has 0 radical (unpaired) electrons. The molecule has 0 aliphatic carbocycles. The van der Waals surface area contributed by atoms with Crippen LogP contribution in [-0.2, 0) is 6.54 Å². The summed E-state index contributed by atoms with van der Waals surface area (Å²) >= 11 is 0. The minimum absolute atomic E-state index is 0.126. The first kappa shape index (κ1) is 17.3. The molecule has 1 aromatic heterocycles. The number of hydrogen-bond donors (Lipinski definition) is 1. The van der Waals surface area contributed by atoms with E-state index in [1.54, 1.807) is 0 Å². The van der Waals surface area contributed by atoms with Gasteiger partial charge in [-0.25, -0.2) is 4.79 Å². The number of amides is 2. The number of carbonyl (C=O) groups excluding carboxylic acids is 1. The lowest BCUT2D eigenvalue weighted by molar-refractivity contribution is 0.165. The van der Waals surface area contributed by atoms with Gasteiger partial charge in [0, 0.05) is 44.6 Å². The first-order valence-electron chi connectivity index (χ1n) is 9.43. The van der Waals surface area contributed by atoms with Gasteiger partial charge in [0.25, 0.3) is 0 Å². The van der Waals surface area contributed by atoms with Crippen LogP contribution in [0.25, 0.3) is 0 Å². The molecule has 2 fully saturated rings. The summed E-state index contributed by atoms with van der Waals surface area (Å²) in [7, 11) is 2.19. The SMILES string of the molecule is CN1CCC[C@H]1CCNC(=O)N1CCC(CCn2cccn2)CC1. The van der Waals surface area contributed by atoms with Gasteiger partial charge in [-0.15, -0.1) is 0 Å². The molecule has 0 aromatic carbocycles. The zero-order valence-electron chi connectivity index (χ0n) is 14.9. The number of rotatable bonds is 6. The summed E-state index contributed by atoms with van der Waals surface area (Å²) in [6.07, 6.45) is 10.9. The Labute approximate surface area is 145 Å². The second-order valence-electron chi connectivity index (χ2n) is 7.29. The van der Waals surface area contributed by atoms with Crippen LogP contribution in [0.3, 0.4) is 0 Å². The maximum Gasteiger partial charge on any atom is 0.317 e. The lowest BCUT2D eigenvalue weighted by Gasteiger charge is -2.32. The maximum atomic E-state index is 12.3. The van der Waals surface area contributed by atoms with Crippen LogP contribution < -0.4 is 5.32 Å². The van der Waals surface area contributed by atoms with Crippen LogP contribution in [0.5, 0.6) is 0 Å². The van der Waals surface area contributed by atoms with Crippen LogP contribution in [0.1, 0.15) is 38.5 Å². The second kappa shape index (κ2) is 8.51. The molecule has 1 atom stereocenters. The minimum atomic E-state index is 0.126. The third-order valence-electron chi connectivity index (χ3n) is 5.65. The first-order chi connectivity index (χ1) is 11.7. The fourth-order valence-corrected chi connectivity index (χ4v) is 3.97. The van der Waals surface area contributed by atoms with E-state index in [4.69, 9.17) is 0 Å². The van der Waals surface area contributed by atoms with Crippen molar-refractivity contribution in [3.63, 3.8) is 0 Å². The van der Waals surface area contributed by atoms with Crippen molar-refractivity contribution in [3.05, 3.63) is 18.5 Å². The molecule has 6 heteroatoms. The molecular formula is C18H31N5O. The molecule has 0 saturated carbocycles. The number of urea groups is 1. The summed E-state index contributed by atoms with van der Waals surface area (Å²) in [5.74, 6) is 0.713. The lowest BCUT2D eigenvalue weighted by atomic mass is 9.94. The quantitative estimate of drug-likeness (QED) is 0.868. The first-order valence-corrected chi connectivity index (χ1v) is 9.43. The molecular weight excluding hydrogens is 302 g/mol.